The van der Waals surface area contributed by atoms with Crippen LogP contribution in [0.15, 0.2) is 17.4 Å². The average molecular weight is 268 g/mol. The lowest BCUT2D eigenvalue weighted by Gasteiger charge is -2.09. The first-order valence-electron chi connectivity index (χ1n) is 6.52. The monoisotopic (exact) mass is 268 g/mol. The number of nitrogens with zero attached hydrogens (tertiary/aromatic N) is 1. The van der Waals surface area contributed by atoms with Crippen LogP contribution >= 0.6 is 0 Å². The van der Waals surface area contributed by atoms with Crippen LogP contribution in [0.1, 0.15) is 33.6 Å². The SMILES string of the molecule is CCCC(=N/C=C\N)C(=O)NCCNC(=O)C(C)C. The van der Waals surface area contributed by atoms with Gasteiger partial charge in [0.2, 0.25) is 5.91 Å². The molecule has 4 N–H and O–H groups in total. The van der Waals surface area contributed by atoms with Gasteiger partial charge in [-0.25, -0.2) is 0 Å². The zero-order valence-electron chi connectivity index (χ0n) is 11.9. The molecule has 0 fully saturated rings. The Morgan fingerprint density at radius 3 is 2.42 bits per heavy atom. The molecule has 0 radical (unpaired) electrons. The molecule has 6 nitrogen and oxygen atoms in total. The van der Waals surface area contributed by atoms with Gasteiger partial charge in [0.05, 0.1) is 0 Å². The minimum atomic E-state index is -0.223. The molecule has 0 rings (SSSR count). The third-order valence-electron chi connectivity index (χ3n) is 2.30. The molecule has 0 saturated heterocycles. The third kappa shape index (κ3) is 7.96. The largest absolute Gasteiger partial charge is 0.403 e. The van der Waals surface area contributed by atoms with Gasteiger partial charge in [0.1, 0.15) is 5.71 Å². The van der Waals surface area contributed by atoms with Gasteiger partial charge in [0.15, 0.2) is 0 Å². The maximum absolute atomic E-state index is 11.8. The lowest BCUT2D eigenvalue weighted by molar-refractivity contribution is -0.124. The minimum absolute atomic E-state index is 0.0252. The number of aliphatic imine (C=N–C) groups is 1. The van der Waals surface area contributed by atoms with Gasteiger partial charge in [-0.1, -0.05) is 27.2 Å². The fourth-order valence-electron chi connectivity index (χ4n) is 1.27. The summed E-state index contributed by atoms with van der Waals surface area (Å²) in [6.45, 7) is 6.40. The number of carbonyl (C=O) groups excluding carboxylic acids is 2. The molecule has 2 amide bonds. The van der Waals surface area contributed by atoms with Crippen molar-refractivity contribution in [1.29, 1.82) is 0 Å². The van der Waals surface area contributed by atoms with Crippen molar-refractivity contribution >= 4 is 17.5 Å². The molecule has 0 unspecified atom stereocenters. The molecule has 0 aromatic rings. The summed E-state index contributed by atoms with van der Waals surface area (Å²) in [6, 6.07) is 0. The molecule has 0 bridgehead atoms. The molecule has 0 heterocycles. The predicted molar refractivity (Wildman–Crippen MR) is 76.5 cm³/mol. The van der Waals surface area contributed by atoms with Crippen molar-refractivity contribution in [3.8, 4) is 0 Å². The number of nitrogens with one attached hydrogen (secondary N) is 2. The van der Waals surface area contributed by atoms with Crippen LogP contribution < -0.4 is 16.4 Å². The van der Waals surface area contributed by atoms with E-state index in [1.54, 1.807) is 0 Å². The molecule has 6 heteroatoms. The molecule has 0 aromatic heterocycles. The first kappa shape index (κ1) is 17.2. The molecule has 0 aromatic carbocycles. The summed E-state index contributed by atoms with van der Waals surface area (Å²) >= 11 is 0. The first-order chi connectivity index (χ1) is 9.02. The first-order valence-corrected chi connectivity index (χ1v) is 6.52. The highest BCUT2D eigenvalue weighted by Gasteiger charge is 2.09. The Bertz CT molecular complexity index is 349. The highest BCUT2D eigenvalue weighted by Crippen LogP contribution is 1.94. The fourth-order valence-corrected chi connectivity index (χ4v) is 1.27. The van der Waals surface area contributed by atoms with Gasteiger partial charge in [-0.3, -0.25) is 14.6 Å². The highest BCUT2D eigenvalue weighted by atomic mass is 16.2. The van der Waals surface area contributed by atoms with Crippen molar-refractivity contribution in [2.75, 3.05) is 13.1 Å². The van der Waals surface area contributed by atoms with E-state index in [1.165, 1.54) is 12.4 Å². The molecule has 0 aliphatic heterocycles. The summed E-state index contributed by atoms with van der Waals surface area (Å²) in [7, 11) is 0. The van der Waals surface area contributed by atoms with Crippen molar-refractivity contribution in [2.45, 2.75) is 33.6 Å². The van der Waals surface area contributed by atoms with Gasteiger partial charge in [0, 0.05) is 31.4 Å². The molecule has 0 atom stereocenters. The third-order valence-corrected chi connectivity index (χ3v) is 2.30. The van der Waals surface area contributed by atoms with Crippen molar-refractivity contribution in [1.82, 2.24) is 10.6 Å². The Labute approximate surface area is 114 Å². The molecule has 19 heavy (non-hydrogen) atoms. The van der Waals surface area contributed by atoms with Gasteiger partial charge < -0.3 is 16.4 Å². The van der Waals surface area contributed by atoms with Crippen LogP contribution in [-0.2, 0) is 9.59 Å². The topological polar surface area (TPSA) is 96.6 Å². The second-order valence-corrected chi connectivity index (χ2v) is 4.37. The second-order valence-electron chi connectivity index (χ2n) is 4.37. The Morgan fingerprint density at radius 1 is 1.26 bits per heavy atom. The van der Waals surface area contributed by atoms with Crippen LogP contribution in [-0.4, -0.2) is 30.6 Å². The Kier molecular flexibility index (Phi) is 9.12. The summed E-state index contributed by atoms with van der Waals surface area (Å²) in [5.41, 5.74) is 5.63. The lowest BCUT2D eigenvalue weighted by Crippen LogP contribution is -2.38. The van der Waals surface area contributed by atoms with E-state index in [4.69, 9.17) is 5.73 Å². The van der Waals surface area contributed by atoms with E-state index >= 15 is 0 Å². The van der Waals surface area contributed by atoms with Crippen LogP contribution in [0.3, 0.4) is 0 Å². The number of nitrogens with two attached hydrogens (primary N) is 1. The number of amides is 2. The smallest absolute Gasteiger partial charge is 0.265 e. The Balaban J connectivity index is 4.10. The van der Waals surface area contributed by atoms with Gasteiger partial charge in [-0.15, -0.1) is 0 Å². The van der Waals surface area contributed by atoms with E-state index in [9.17, 15) is 9.59 Å². The van der Waals surface area contributed by atoms with E-state index < -0.39 is 0 Å². The molecule has 0 aliphatic carbocycles. The number of rotatable bonds is 8. The minimum Gasteiger partial charge on any atom is -0.403 e. The summed E-state index contributed by atoms with van der Waals surface area (Å²) < 4.78 is 0. The fraction of sp³-hybridized carbons (Fsp3) is 0.615. The van der Waals surface area contributed by atoms with Crippen LogP contribution in [0.25, 0.3) is 0 Å². The van der Waals surface area contributed by atoms with E-state index in [-0.39, 0.29) is 17.7 Å². The quantitative estimate of drug-likeness (QED) is 0.443. The summed E-state index contributed by atoms with van der Waals surface area (Å²) in [5, 5.41) is 5.44. The number of carbonyl (C=O) groups is 2. The summed E-state index contributed by atoms with van der Waals surface area (Å²) in [4.78, 5) is 27.1. The maximum Gasteiger partial charge on any atom is 0.265 e. The molecule has 0 spiro atoms. The standard InChI is InChI=1S/C13H24N4O2/c1-4-5-11(15-7-6-14)13(19)17-9-8-16-12(18)10(2)3/h6-7,10H,4-5,8-9,14H2,1-3H3,(H,16,18)(H,17,19)/b7-6-,15-11?. The van der Waals surface area contributed by atoms with E-state index in [2.05, 4.69) is 15.6 Å². The van der Waals surface area contributed by atoms with E-state index in [1.807, 2.05) is 20.8 Å². The van der Waals surface area contributed by atoms with Gasteiger partial charge in [-0.05, 0) is 6.42 Å². The number of hydrogen-bond donors (Lipinski definition) is 3. The molecular formula is C13H24N4O2. The van der Waals surface area contributed by atoms with E-state index in [0.29, 0.717) is 25.2 Å². The highest BCUT2D eigenvalue weighted by molar-refractivity contribution is 6.39. The van der Waals surface area contributed by atoms with Gasteiger partial charge in [0.25, 0.3) is 5.91 Å². The van der Waals surface area contributed by atoms with Crippen LogP contribution in [0.2, 0.25) is 0 Å². The lowest BCUT2D eigenvalue weighted by atomic mass is 10.2. The van der Waals surface area contributed by atoms with Crippen LogP contribution in [0.5, 0.6) is 0 Å². The molecule has 0 aliphatic rings. The summed E-state index contributed by atoms with van der Waals surface area (Å²) in [6.07, 6.45) is 4.10. The Morgan fingerprint density at radius 2 is 1.89 bits per heavy atom. The van der Waals surface area contributed by atoms with Crippen molar-refractivity contribution in [2.24, 2.45) is 16.6 Å². The van der Waals surface area contributed by atoms with Gasteiger partial charge >= 0.3 is 0 Å². The Hall–Kier alpha value is -1.85. The van der Waals surface area contributed by atoms with Crippen LogP contribution in [0, 0.1) is 5.92 Å². The van der Waals surface area contributed by atoms with Crippen molar-refractivity contribution in [3.05, 3.63) is 12.4 Å². The number of hydrogen-bond acceptors (Lipinski definition) is 4. The van der Waals surface area contributed by atoms with Gasteiger partial charge in [-0.2, -0.15) is 0 Å². The van der Waals surface area contributed by atoms with Crippen molar-refractivity contribution < 1.29 is 9.59 Å². The normalized spacial score (nSPS) is 11.9. The summed E-state index contributed by atoms with van der Waals surface area (Å²) in [5.74, 6) is -0.302. The van der Waals surface area contributed by atoms with E-state index in [0.717, 1.165) is 6.42 Å². The zero-order valence-corrected chi connectivity index (χ0v) is 11.9. The zero-order chi connectivity index (χ0) is 14.7. The second kappa shape index (κ2) is 10.1. The maximum atomic E-state index is 11.8. The van der Waals surface area contributed by atoms with Crippen LogP contribution in [0.4, 0.5) is 0 Å². The molecule has 108 valence electrons. The van der Waals surface area contributed by atoms with Crippen molar-refractivity contribution in [3.63, 3.8) is 0 Å². The molecule has 0 saturated carbocycles. The average Bonchev–Trinajstić information content (AvgIpc) is 2.38. The predicted octanol–water partition coefficient (Wildman–Crippen LogP) is 0.546. The molecular weight excluding hydrogens is 244 g/mol.